The van der Waals surface area contributed by atoms with Crippen molar-refractivity contribution in [3.8, 4) is 5.75 Å². The molecular formula is C26H33F4NO4S. The van der Waals surface area contributed by atoms with Gasteiger partial charge in [-0.1, -0.05) is 0 Å². The van der Waals surface area contributed by atoms with Crippen LogP contribution in [0.15, 0.2) is 41.1 Å². The van der Waals surface area contributed by atoms with E-state index in [1.165, 1.54) is 24.3 Å². The standard InChI is InChI=1S/C26H33F4NO4S/c27-15-19(16-31)17-35-20-1-3-21(4-2-20)36(33,34)18-24-10-7-23(8-11-24,9-12-24)6-5-22(32)25(13-14-25)26(28,29)30/h1-4,15H,5-14,16-18,31H2/b19-15+. The predicted octanol–water partition coefficient (Wildman–Crippen LogP) is 5.68. The summed E-state index contributed by atoms with van der Waals surface area (Å²) in [7, 11) is -3.56. The Balaban J connectivity index is 1.32. The number of ether oxygens (including phenoxy) is 1. The number of carbonyl (C=O) groups is 1. The summed E-state index contributed by atoms with van der Waals surface area (Å²) in [6.45, 7) is 0.00369. The third-order valence-corrected chi connectivity index (χ3v) is 10.8. The molecule has 0 aliphatic heterocycles. The molecule has 0 aromatic heterocycles. The molecule has 5 nitrogen and oxygen atoms in total. The summed E-state index contributed by atoms with van der Waals surface area (Å²) in [6, 6.07) is 6.04. The van der Waals surface area contributed by atoms with Gasteiger partial charge < -0.3 is 10.5 Å². The topological polar surface area (TPSA) is 86.5 Å². The number of Topliss-reactive ketones (excluding diaryl/α,β-unsaturated/α-hetero) is 1. The smallest absolute Gasteiger partial charge is 0.401 e. The molecule has 2 bridgehead atoms. The molecule has 4 aliphatic rings. The highest BCUT2D eigenvalue weighted by Crippen LogP contribution is 2.62. The van der Waals surface area contributed by atoms with Gasteiger partial charge in [-0.2, -0.15) is 13.2 Å². The quantitative estimate of drug-likeness (QED) is 0.371. The molecule has 0 radical (unpaired) electrons. The number of hydrogen-bond donors (Lipinski definition) is 1. The van der Waals surface area contributed by atoms with Gasteiger partial charge >= 0.3 is 6.18 Å². The third-order valence-electron chi connectivity index (χ3n) is 8.79. The Bertz CT molecular complexity index is 1080. The second kappa shape index (κ2) is 9.74. The van der Waals surface area contributed by atoms with Gasteiger partial charge in [-0.05, 0) is 92.9 Å². The fraction of sp³-hybridized carbons (Fsp3) is 0.654. The van der Waals surface area contributed by atoms with Crippen LogP contribution < -0.4 is 10.5 Å². The molecule has 0 heterocycles. The van der Waals surface area contributed by atoms with Crippen molar-refractivity contribution >= 4 is 15.6 Å². The van der Waals surface area contributed by atoms with Crippen LogP contribution in [-0.4, -0.2) is 39.3 Å². The van der Waals surface area contributed by atoms with Crippen LogP contribution >= 0.6 is 0 Å². The molecule has 200 valence electrons. The second-order valence-corrected chi connectivity index (χ2v) is 13.0. The van der Waals surface area contributed by atoms with Crippen LogP contribution in [0.1, 0.15) is 64.2 Å². The first-order valence-corrected chi connectivity index (χ1v) is 14.1. The van der Waals surface area contributed by atoms with Gasteiger partial charge in [-0.3, -0.25) is 4.79 Å². The zero-order chi connectivity index (χ0) is 26.2. The highest BCUT2D eigenvalue weighted by molar-refractivity contribution is 7.91. The van der Waals surface area contributed by atoms with Gasteiger partial charge in [0.15, 0.2) is 9.84 Å². The van der Waals surface area contributed by atoms with Gasteiger partial charge in [-0.25, -0.2) is 12.8 Å². The van der Waals surface area contributed by atoms with E-state index in [2.05, 4.69) is 0 Å². The normalized spacial score (nSPS) is 27.6. The van der Waals surface area contributed by atoms with Gasteiger partial charge in [0.1, 0.15) is 23.6 Å². The van der Waals surface area contributed by atoms with E-state index >= 15 is 0 Å². The average molecular weight is 532 g/mol. The zero-order valence-electron chi connectivity index (χ0n) is 20.2. The zero-order valence-corrected chi connectivity index (χ0v) is 21.0. The summed E-state index contributed by atoms with van der Waals surface area (Å²) in [6.07, 6.45) is 0.465. The molecule has 0 unspecified atom stereocenters. The number of rotatable bonds is 11. The van der Waals surface area contributed by atoms with Crippen LogP contribution in [0, 0.1) is 16.2 Å². The summed E-state index contributed by atoms with van der Waals surface area (Å²) in [5, 5.41) is 0. The minimum Gasteiger partial charge on any atom is -0.489 e. The highest BCUT2D eigenvalue weighted by Gasteiger charge is 2.67. The van der Waals surface area contributed by atoms with Crippen LogP contribution in [0.5, 0.6) is 5.75 Å². The van der Waals surface area contributed by atoms with E-state index in [0.29, 0.717) is 37.8 Å². The van der Waals surface area contributed by atoms with E-state index in [-0.39, 0.29) is 59.5 Å². The molecule has 4 saturated carbocycles. The Kier molecular flexibility index (Phi) is 7.33. The predicted molar refractivity (Wildman–Crippen MR) is 127 cm³/mol. The van der Waals surface area contributed by atoms with Gasteiger partial charge in [0, 0.05) is 18.5 Å². The van der Waals surface area contributed by atoms with E-state index in [9.17, 15) is 30.8 Å². The molecule has 2 N–H and O–H groups in total. The van der Waals surface area contributed by atoms with E-state index in [1.807, 2.05) is 0 Å². The molecule has 0 saturated heterocycles. The molecule has 1 aromatic carbocycles. The number of ketones is 1. The Labute approximate surface area is 209 Å². The summed E-state index contributed by atoms with van der Waals surface area (Å²) in [5.74, 6) is -0.247. The molecule has 1 aromatic rings. The van der Waals surface area contributed by atoms with Crippen molar-refractivity contribution < 1.29 is 35.5 Å². The first-order valence-electron chi connectivity index (χ1n) is 12.4. The maximum Gasteiger partial charge on any atom is 0.401 e. The van der Waals surface area contributed by atoms with Crippen LogP contribution in [0.3, 0.4) is 0 Å². The minimum absolute atomic E-state index is 0.0211. The number of halogens is 4. The number of alkyl halides is 3. The lowest BCUT2D eigenvalue weighted by molar-refractivity contribution is -0.191. The van der Waals surface area contributed by atoms with Crippen molar-refractivity contribution in [1.29, 1.82) is 0 Å². The van der Waals surface area contributed by atoms with Crippen molar-refractivity contribution in [2.24, 2.45) is 22.0 Å². The molecule has 0 amide bonds. The van der Waals surface area contributed by atoms with Crippen LogP contribution in [0.2, 0.25) is 0 Å². The van der Waals surface area contributed by atoms with Crippen molar-refractivity contribution in [2.45, 2.75) is 75.3 Å². The van der Waals surface area contributed by atoms with Gasteiger partial charge in [-0.15, -0.1) is 0 Å². The first kappa shape index (κ1) is 27.1. The minimum atomic E-state index is -4.46. The number of hydrogen-bond acceptors (Lipinski definition) is 5. The number of benzene rings is 1. The molecule has 0 spiro atoms. The third kappa shape index (κ3) is 5.35. The van der Waals surface area contributed by atoms with E-state index < -0.39 is 27.2 Å². The van der Waals surface area contributed by atoms with Crippen LogP contribution in [0.4, 0.5) is 17.6 Å². The van der Waals surface area contributed by atoms with E-state index in [0.717, 1.165) is 19.3 Å². The van der Waals surface area contributed by atoms with Crippen molar-refractivity contribution in [3.63, 3.8) is 0 Å². The molecule has 10 heteroatoms. The number of carbonyl (C=O) groups excluding carboxylic acids is 1. The summed E-state index contributed by atoms with van der Waals surface area (Å²) in [5.41, 5.74) is 3.08. The van der Waals surface area contributed by atoms with Crippen LogP contribution in [0.25, 0.3) is 0 Å². The second-order valence-electron chi connectivity index (χ2n) is 11.0. The number of sulfone groups is 1. The fourth-order valence-electron chi connectivity index (χ4n) is 5.94. The molecule has 0 atom stereocenters. The number of nitrogens with two attached hydrogens (primary N) is 1. The Morgan fingerprint density at radius 3 is 2.00 bits per heavy atom. The van der Waals surface area contributed by atoms with Crippen molar-refractivity contribution in [3.05, 3.63) is 36.2 Å². The van der Waals surface area contributed by atoms with Gasteiger partial charge in [0.25, 0.3) is 0 Å². The maximum atomic E-state index is 13.3. The molecule has 4 aliphatic carbocycles. The lowest BCUT2D eigenvalue weighted by Crippen LogP contribution is -2.45. The molecular weight excluding hydrogens is 498 g/mol. The van der Waals surface area contributed by atoms with Gasteiger partial charge in [0.05, 0.1) is 17.0 Å². The monoisotopic (exact) mass is 531 g/mol. The Hall–Kier alpha value is -1.94. The first-order chi connectivity index (χ1) is 16.9. The lowest BCUT2D eigenvalue weighted by Gasteiger charge is -2.53. The molecule has 4 fully saturated rings. The number of fused-ring (bicyclic) bond motifs is 3. The van der Waals surface area contributed by atoms with Crippen LogP contribution in [-0.2, 0) is 14.6 Å². The average Bonchev–Trinajstić information content (AvgIpc) is 3.67. The highest BCUT2D eigenvalue weighted by atomic mass is 32.2. The largest absolute Gasteiger partial charge is 0.489 e. The SMILES string of the molecule is NC/C(=C\F)COc1ccc(S(=O)(=O)CC23CCC(CCC(=O)C4(C(F)(F)F)CC4)(CC2)CC3)cc1. The van der Waals surface area contributed by atoms with E-state index in [1.54, 1.807) is 0 Å². The van der Waals surface area contributed by atoms with Crippen molar-refractivity contribution in [1.82, 2.24) is 0 Å². The summed E-state index contributed by atoms with van der Waals surface area (Å²) >= 11 is 0. The summed E-state index contributed by atoms with van der Waals surface area (Å²) in [4.78, 5) is 12.6. The fourth-order valence-corrected chi connectivity index (χ4v) is 7.89. The maximum absolute atomic E-state index is 13.3. The Morgan fingerprint density at radius 2 is 1.53 bits per heavy atom. The molecule has 5 rings (SSSR count). The lowest BCUT2D eigenvalue weighted by atomic mass is 9.53. The Morgan fingerprint density at radius 1 is 0.972 bits per heavy atom. The van der Waals surface area contributed by atoms with E-state index in [4.69, 9.17) is 10.5 Å². The summed E-state index contributed by atoms with van der Waals surface area (Å²) < 4.78 is 84.2. The van der Waals surface area contributed by atoms with Gasteiger partial charge in [0.2, 0.25) is 0 Å². The molecule has 36 heavy (non-hydrogen) atoms. The van der Waals surface area contributed by atoms with Crippen molar-refractivity contribution in [2.75, 3.05) is 18.9 Å².